The maximum Gasteiger partial charge on any atom is 0.277 e. The summed E-state index contributed by atoms with van der Waals surface area (Å²) in [4.78, 5) is 21.9. The first-order chi connectivity index (χ1) is 9.22. The van der Waals surface area contributed by atoms with Gasteiger partial charge in [0.05, 0.1) is 5.01 Å². The molecule has 0 N–H and O–H groups in total. The fourth-order valence-corrected chi connectivity index (χ4v) is 2.68. The Morgan fingerprint density at radius 1 is 1.47 bits per heavy atom. The number of thiazole rings is 1. The molecule has 0 bridgehead atoms. The minimum Gasteiger partial charge on any atom is -0.342 e. The van der Waals surface area contributed by atoms with Crippen LogP contribution >= 0.6 is 11.3 Å². The van der Waals surface area contributed by atoms with Crippen LogP contribution in [0.25, 0.3) is 11.6 Å². The first-order valence-electron chi connectivity index (χ1n) is 6.25. The SMILES string of the molecule is Cc1nc(-c2nc(CCN3CCCC3=O)no2)cs1. The average Bonchev–Trinajstić information content (AvgIpc) is 3.08. The maximum atomic E-state index is 11.5. The number of amides is 1. The topological polar surface area (TPSA) is 72.1 Å². The highest BCUT2D eigenvalue weighted by molar-refractivity contribution is 7.09. The number of likely N-dealkylation sites (tertiary alicyclic amines) is 1. The largest absolute Gasteiger partial charge is 0.342 e. The molecule has 0 spiro atoms. The summed E-state index contributed by atoms with van der Waals surface area (Å²) in [7, 11) is 0. The summed E-state index contributed by atoms with van der Waals surface area (Å²) < 4.78 is 5.19. The van der Waals surface area contributed by atoms with Crippen LogP contribution in [0.3, 0.4) is 0 Å². The van der Waals surface area contributed by atoms with Crippen LogP contribution in [0.5, 0.6) is 0 Å². The van der Waals surface area contributed by atoms with Gasteiger partial charge in [0, 0.05) is 31.3 Å². The van der Waals surface area contributed by atoms with E-state index in [1.165, 1.54) is 0 Å². The number of aryl methyl sites for hydroxylation is 1. The molecule has 0 unspecified atom stereocenters. The smallest absolute Gasteiger partial charge is 0.277 e. The highest BCUT2D eigenvalue weighted by Gasteiger charge is 2.20. The van der Waals surface area contributed by atoms with Gasteiger partial charge in [-0.05, 0) is 13.3 Å². The van der Waals surface area contributed by atoms with Gasteiger partial charge in [-0.15, -0.1) is 11.3 Å². The summed E-state index contributed by atoms with van der Waals surface area (Å²) in [6.07, 6.45) is 2.24. The van der Waals surface area contributed by atoms with Gasteiger partial charge in [0.15, 0.2) is 5.82 Å². The molecule has 0 atom stereocenters. The lowest BCUT2D eigenvalue weighted by Gasteiger charge is -2.13. The third kappa shape index (κ3) is 2.65. The van der Waals surface area contributed by atoms with Crippen molar-refractivity contribution < 1.29 is 9.32 Å². The fourth-order valence-electron chi connectivity index (χ4n) is 2.10. The summed E-state index contributed by atoms with van der Waals surface area (Å²) in [6, 6.07) is 0. The molecule has 1 amide bonds. The van der Waals surface area contributed by atoms with Crippen molar-refractivity contribution in [2.75, 3.05) is 13.1 Å². The van der Waals surface area contributed by atoms with E-state index in [9.17, 15) is 4.79 Å². The molecule has 0 radical (unpaired) electrons. The highest BCUT2D eigenvalue weighted by Crippen LogP contribution is 2.19. The van der Waals surface area contributed by atoms with Gasteiger partial charge < -0.3 is 9.42 Å². The lowest BCUT2D eigenvalue weighted by molar-refractivity contribution is -0.127. The maximum absolute atomic E-state index is 11.5. The normalized spacial score (nSPS) is 15.4. The third-order valence-corrected chi connectivity index (χ3v) is 3.86. The Kier molecular flexibility index (Phi) is 3.29. The number of nitrogens with zero attached hydrogens (tertiary/aromatic N) is 4. The Labute approximate surface area is 114 Å². The molecular formula is C12H14N4O2S. The predicted octanol–water partition coefficient (Wildman–Crippen LogP) is 1.67. The molecule has 1 aliphatic rings. The molecule has 3 rings (SSSR count). The van der Waals surface area contributed by atoms with Crippen molar-refractivity contribution in [3.8, 4) is 11.6 Å². The second-order valence-corrected chi connectivity index (χ2v) is 5.56. The lowest BCUT2D eigenvalue weighted by atomic mass is 10.3. The van der Waals surface area contributed by atoms with Crippen LogP contribution in [0.15, 0.2) is 9.90 Å². The summed E-state index contributed by atoms with van der Waals surface area (Å²) in [5.74, 6) is 1.30. The number of carbonyl (C=O) groups is 1. The van der Waals surface area contributed by atoms with Crippen LogP contribution in [0.1, 0.15) is 23.7 Å². The second kappa shape index (κ2) is 5.08. The average molecular weight is 278 g/mol. The van der Waals surface area contributed by atoms with Gasteiger partial charge in [-0.3, -0.25) is 4.79 Å². The van der Waals surface area contributed by atoms with Gasteiger partial charge in [0.1, 0.15) is 5.69 Å². The van der Waals surface area contributed by atoms with E-state index in [0.717, 1.165) is 23.7 Å². The fraction of sp³-hybridized carbons (Fsp3) is 0.500. The standard InChI is InChI=1S/C12H14N4O2S/c1-8-13-9(7-19-8)12-14-10(15-18-12)4-6-16-5-2-3-11(16)17/h7H,2-6H2,1H3. The molecule has 1 fully saturated rings. The van der Waals surface area contributed by atoms with Gasteiger partial charge in [0.2, 0.25) is 5.91 Å². The molecule has 2 aromatic rings. The summed E-state index contributed by atoms with van der Waals surface area (Å²) in [6.45, 7) is 3.44. The van der Waals surface area contributed by atoms with E-state index in [1.807, 2.05) is 17.2 Å². The number of hydrogen-bond acceptors (Lipinski definition) is 6. The Morgan fingerprint density at radius 2 is 2.37 bits per heavy atom. The van der Waals surface area contributed by atoms with Crippen molar-refractivity contribution in [2.24, 2.45) is 0 Å². The molecule has 0 saturated carbocycles. The molecule has 3 heterocycles. The van der Waals surface area contributed by atoms with Crippen molar-refractivity contribution in [1.29, 1.82) is 0 Å². The molecule has 1 aliphatic heterocycles. The van der Waals surface area contributed by atoms with Gasteiger partial charge in [-0.2, -0.15) is 4.98 Å². The van der Waals surface area contributed by atoms with Crippen LogP contribution in [0.2, 0.25) is 0 Å². The number of hydrogen-bond donors (Lipinski definition) is 0. The van der Waals surface area contributed by atoms with Crippen LogP contribution in [0, 0.1) is 6.92 Å². The molecule has 100 valence electrons. The predicted molar refractivity (Wildman–Crippen MR) is 69.7 cm³/mol. The van der Waals surface area contributed by atoms with E-state index in [-0.39, 0.29) is 5.91 Å². The summed E-state index contributed by atoms with van der Waals surface area (Å²) in [5.41, 5.74) is 0.721. The van der Waals surface area contributed by atoms with Crippen LogP contribution in [-0.4, -0.2) is 39.0 Å². The van der Waals surface area contributed by atoms with Crippen molar-refractivity contribution in [1.82, 2.24) is 20.0 Å². The van der Waals surface area contributed by atoms with Crippen molar-refractivity contribution in [3.63, 3.8) is 0 Å². The first-order valence-corrected chi connectivity index (χ1v) is 7.13. The van der Waals surface area contributed by atoms with E-state index < -0.39 is 0 Å². The zero-order chi connectivity index (χ0) is 13.2. The number of aromatic nitrogens is 3. The number of rotatable bonds is 4. The minimum absolute atomic E-state index is 0.221. The zero-order valence-electron chi connectivity index (χ0n) is 10.6. The lowest BCUT2D eigenvalue weighted by Crippen LogP contribution is -2.27. The van der Waals surface area contributed by atoms with E-state index in [4.69, 9.17) is 4.52 Å². The van der Waals surface area contributed by atoms with Crippen LogP contribution < -0.4 is 0 Å². The zero-order valence-corrected chi connectivity index (χ0v) is 11.4. The molecule has 7 heteroatoms. The molecule has 6 nitrogen and oxygen atoms in total. The molecule has 0 aliphatic carbocycles. The van der Waals surface area contributed by atoms with Crippen LogP contribution in [0.4, 0.5) is 0 Å². The van der Waals surface area contributed by atoms with E-state index >= 15 is 0 Å². The Morgan fingerprint density at radius 3 is 3.05 bits per heavy atom. The van der Waals surface area contributed by atoms with Gasteiger partial charge in [-0.1, -0.05) is 5.16 Å². The third-order valence-electron chi connectivity index (χ3n) is 3.08. The van der Waals surface area contributed by atoms with Crippen molar-refractivity contribution in [3.05, 3.63) is 16.2 Å². The molecule has 0 aromatic carbocycles. The minimum atomic E-state index is 0.221. The monoisotopic (exact) mass is 278 g/mol. The van der Waals surface area contributed by atoms with Crippen molar-refractivity contribution in [2.45, 2.75) is 26.2 Å². The Hall–Kier alpha value is -1.76. The Bertz CT molecular complexity index is 592. The van der Waals surface area contributed by atoms with E-state index in [2.05, 4.69) is 15.1 Å². The molecule has 19 heavy (non-hydrogen) atoms. The second-order valence-electron chi connectivity index (χ2n) is 4.50. The summed E-state index contributed by atoms with van der Waals surface area (Å²) >= 11 is 1.55. The summed E-state index contributed by atoms with van der Waals surface area (Å²) in [5, 5.41) is 6.80. The first kappa shape index (κ1) is 12.3. The molecule has 1 saturated heterocycles. The Balaban J connectivity index is 1.63. The number of carbonyl (C=O) groups excluding carboxylic acids is 1. The van der Waals surface area contributed by atoms with Gasteiger partial charge in [0.25, 0.3) is 5.89 Å². The van der Waals surface area contributed by atoms with E-state index in [1.54, 1.807) is 11.3 Å². The highest BCUT2D eigenvalue weighted by atomic mass is 32.1. The van der Waals surface area contributed by atoms with Gasteiger partial charge in [-0.25, -0.2) is 4.98 Å². The van der Waals surface area contributed by atoms with Crippen molar-refractivity contribution >= 4 is 17.2 Å². The molecular weight excluding hydrogens is 264 g/mol. The van der Waals surface area contributed by atoms with Crippen LogP contribution in [-0.2, 0) is 11.2 Å². The van der Waals surface area contributed by atoms with E-state index in [0.29, 0.717) is 31.1 Å². The van der Waals surface area contributed by atoms with Gasteiger partial charge >= 0.3 is 0 Å². The quantitative estimate of drug-likeness (QED) is 0.850. The molecule has 2 aromatic heterocycles.